The summed E-state index contributed by atoms with van der Waals surface area (Å²) < 4.78 is 11.2. The zero-order valence-electron chi connectivity index (χ0n) is 13.0. The van der Waals surface area contributed by atoms with E-state index in [9.17, 15) is 0 Å². The molecule has 0 spiro atoms. The zero-order chi connectivity index (χ0) is 17.0. The molecule has 0 saturated heterocycles. The third kappa shape index (κ3) is 3.74. The van der Waals surface area contributed by atoms with Crippen LogP contribution in [0.4, 0.5) is 17.5 Å². The standard InChI is InChI=1S/C15H17N5O2S/c1-8(2)9-4-12(21-3)10(19-7-23)5-11(9)22-13-6-18-15(17)20-14(13)16/h4-6,8H,1-3H3,(H4,16,17,18,20). The number of isothiocyanates is 1. The molecule has 4 N–H and O–H groups in total. The Labute approximate surface area is 139 Å². The summed E-state index contributed by atoms with van der Waals surface area (Å²) in [6, 6.07) is 3.56. The van der Waals surface area contributed by atoms with Gasteiger partial charge in [0.25, 0.3) is 0 Å². The summed E-state index contributed by atoms with van der Waals surface area (Å²) in [6.07, 6.45) is 1.42. The van der Waals surface area contributed by atoms with Gasteiger partial charge in [0.05, 0.1) is 18.5 Å². The van der Waals surface area contributed by atoms with Crippen LogP contribution in [-0.2, 0) is 0 Å². The van der Waals surface area contributed by atoms with Crippen molar-refractivity contribution in [3.8, 4) is 17.2 Å². The Morgan fingerprint density at radius 2 is 1.96 bits per heavy atom. The van der Waals surface area contributed by atoms with Gasteiger partial charge in [-0.3, -0.25) is 0 Å². The molecule has 0 atom stereocenters. The molecule has 0 aliphatic heterocycles. The Morgan fingerprint density at radius 1 is 1.22 bits per heavy atom. The number of methoxy groups -OCH3 is 1. The fourth-order valence-corrected chi connectivity index (χ4v) is 2.10. The number of nitrogen functional groups attached to an aromatic ring is 2. The van der Waals surface area contributed by atoms with Gasteiger partial charge in [0.15, 0.2) is 11.6 Å². The minimum Gasteiger partial charge on any atom is -0.494 e. The molecule has 1 aromatic heterocycles. The summed E-state index contributed by atoms with van der Waals surface area (Å²) in [5.74, 6) is 1.87. The molecule has 0 saturated carbocycles. The van der Waals surface area contributed by atoms with Gasteiger partial charge in [-0.15, -0.1) is 0 Å². The highest BCUT2D eigenvalue weighted by atomic mass is 32.1. The number of aromatic nitrogens is 2. The van der Waals surface area contributed by atoms with Crippen molar-refractivity contribution in [1.82, 2.24) is 9.97 Å². The Balaban J connectivity index is 2.54. The van der Waals surface area contributed by atoms with Crippen LogP contribution in [0.1, 0.15) is 25.3 Å². The van der Waals surface area contributed by atoms with E-state index >= 15 is 0 Å². The molecule has 2 aromatic rings. The van der Waals surface area contributed by atoms with Crippen molar-refractivity contribution in [3.63, 3.8) is 0 Å². The number of nitrogens with two attached hydrogens (primary N) is 2. The number of hydrogen-bond donors (Lipinski definition) is 2. The van der Waals surface area contributed by atoms with E-state index in [-0.39, 0.29) is 17.7 Å². The van der Waals surface area contributed by atoms with Crippen molar-refractivity contribution in [1.29, 1.82) is 0 Å². The van der Waals surface area contributed by atoms with Crippen molar-refractivity contribution in [2.75, 3.05) is 18.6 Å². The molecule has 0 fully saturated rings. The molecule has 1 aromatic carbocycles. The molecule has 0 radical (unpaired) electrons. The molecule has 0 unspecified atom stereocenters. The predicted octanol–water partition coefficient (Wildman–Crippen LogP) is 3.30. The first-order valence-electron chi connectivity index (χ1n) is 6.82. The fraction of sp³-hybridized carbons (Fsp3) is 0.267. The number of benzene rings is 1. The average molecular weight is 331 g/mol. The van der Waals surface area contributed by atoms with Crippen molar-refractivity contribution >= 4 is 34.8 Å². The van der Waals surface area contributed by atoms with Crippen molar-refractivity contribution in [2.45, 2.75) is 19.8 Å². The van der Waals surface area contributed by atoms with E-state index in [2.05, 4.69) is 32.3 Å². The number of aliphatic imine (C=N–C) groups is 1. The maximum Gasteiger partial charge on any atom is 0.222 e. The second-order valence-corrected chi connectivity index (χ2v) is 5.18. The van der Waals surface area contributed by atoms with E-state index in [0.717, 1.165) is 5.56 Å². The van der Waals surface area contributed by atoms with Crippen LogP contribution >= 0.6 is 12.2 Å². The summed E-state index contributed by atoms with van der Waals surface area (Å²) in [7, 11) is 1.56. The number of ether oxygens (including phenoxy) is 2. The molecule has 7 nitrogen and oxygen atoms in total. The summed E-state index contributed by atoms with van der Waals surface area (Å²) in [6.45, 7) is 4.07. The number of nitrogens with zero attached hydrogens (tertiary/aromatic N) is 3. The van der Waals surface area contributed by atoms with Gasteiger partial charge in [-0.2, -0.15) is 9.98 Å². The molecule has 0 aliphatic rings. The van der Waals surface area contributed by atoms with Crippen molar-refractivity contribution in [3.05, 3.63) is 23.9 Å². The normalized spacial score (nSPS) is 10.3. The number of anilines is 2. The molecular formula is C15H17N5O2S. The Bertz CT molecular complexity index is 773. The van der Waals surface area contributed by atoms with E-state index < -0.39 is 0 Å². The Morgan fingerprint density at radius 3 is 2.52 bits per heavy atom. The van der Waals surface area contributed by atoms with E-state index in [1.165, 1.54) is 6.20 Å². The van der Waals surface area contributed by atoms with E-state index in [1.807, 2.05) is 19.9 Å². The van der Waals surface area contributed by atoms with E-state index in [4.69, 9.17) is 20.9 Å². The molecule has 23 heavy (non-hydrogen) atoms. The number of rotatable bonds is 5. The summed E-state index contributed by atoms with van der Waals surface area (Å²) in [4.78, 5) is 11.8. The molecule has 0 bridgehead atoms. The Hall–Kier alpha value is -2.70. The van der Waals surface area contributed by atoms with Gasteiger partial charge in [0.1, 0.15) is 17.2 Å². The largest absolute Gasteiger partial charge is 0.494 e. The van der Waals surface area contributed by atoms with Gasteiger partial charge < -0.3 is 20.9 Å². The van der Waals surface area contributed by atoms with Crippen LogP contribution in [0, 0.1) is 0 Å². The van der Waals surface area contributed by atoms with Gasteiger partial charge in [-0.05, 0) is 24.2 Å². The molecular weight excluding hydrogens is 314 g/mol. The van der Waals surface area contributed by atoms with Gasteiger partial charge in [0, 0.05) is 11.6 Å². The SMILES string of the molecule is COc1cc(C(C)C)c(Oc2cnc(N)nc2N)cc1N=C=S. The van der Waals surface area contributed by atoms with Gasteiger partial charge in [-0.1, -0.05) is 13.8 Å². The van der Waals surface area contributed by atoms with Crippen LogP contribution in [0.15, 0.2) is 23.3 Å². The average Bonchev–Trinajstić information content (AvgIpc) is 2.50. The monoisotopic (exact) mass is 331 g/mol. The molecule has 2 rings (SSSR count). The quantitative estimate of drug-likeness (QED) is 0.639. The van der Waals surface area contributed by atoms with Crippen LogP contribution < -0.4 is 20.9 Å². The van der Waals surface area contributed by atoms with E-state index in [1.54, 1.807) is 13.2 Å². The lowest BCUT2D eigenvalue weighted by molar-refractivity contribution is 0.412. The first kappa shape index (κ1) is 16.7. The van der Waals surface area contributed by atoms with E-state index in [0.29, 0.717) is 22.9 Å². The number of thiocarbonyl (C=S) groups is 1. The fourth-order valence-electron chi connectivity index (χ4n) is 2.00. The molecule has 120 valence electrons. The smallest absolute Gasteiger partial charge is 0.222 e. The lowest BCUT2D eigenvalue weighted by Gasteiger charge is -2.17. The van der Waals surface area contributed by atoms with Crippen molar-refractivity contribution in [2.24, 2.45) is 4.99 Å². The second kappa shape index (κ2) is 7.04. The maximum atomic E-state index is 5.86. The minimum absolute atomic E-state index is 0.0830. The van der Waals surface area contributed by atoms with Crippen LogP contribution in [0.3, 0.4) is 0 Å². The Kier molecular flexibility index (Phi) is 5.10. The number of hydrogen-bond acceptors (Lipinski definition) is 8. The molecule has 0 amide bonds. The minimum atomic E-state index is 0.0830. The second-order valence-electron chi connectivity index (χ2n) is 5.00. The lowest BCUT2D eigenvalue weighted by atomic mass is 10.0. The van der Waals surface area contributed by atoms with Crippen LogP contribution in [0.25, 0.3) is 0 Å². The van der Waals surface area contributed by atoms with Gasteiger partial charge in [0.2, 0.25) is 5.95 Å². The highest BCUT2D eigenvalue weighted by Crippen LogP contribution is 2.40. The zero-order valence-corrected chi connectivity index (χ0v) is 13.8. The molecule has 1 heterocycles. The lowest BCUT2D eigenvalue weighted by Crippen LogP contribution is -2.03. The van der Waals surface area contributed by atoms with Crippen LogP contribution in [0.2, 0.25) is 0 Å². The first-order chi connectivity index (χ1) is 11.0. The van der Waals surface area contributed by atoms with Gasteiger partial charge >= 0.3 is 0 Å². The maximum absolute atomic E-state index is 5.86. The first-order valence-corrected chi connectivity index (χ1v) is 7.22. The van der Waals surface area contributed by atoms with Crippen LogP contribution in [0.5, 0.6) is 17.2 Å². The summed E-state index contributed by atoms with van der Waals surface area (Å²) in [5, 5.41) is 2.32. The third-order valence-electron chi connectivity index (χ3n) is 3.12. The molecule has 8 heteroatoms. The van der Waals surface area contributed by atoms with Crippen molar-refractivity contribution < 1.29 is 9.47 Å². The highest BCUT2D eigenvalue weighted by molar-refractivity contribution is 7.78. The highest BCUT2D eigenvalue weighted by Gasteiger charge is 2.16. The van der Waals surface area contributed by atoms with Gasteiger partial charge in [-0.25, -0.2) is 4.98 Å². The summed E-state index contributed by atoms with van der Waals surface area (Å²) in [5.41, 5.74) is 12.7. The summed E-state index contributed by atoms with van der Waals surface area (Å²) >= 11 is 4.67. The van der Waals surface area contributed by atoms with Crippen LogP contribution in [-0.4, -0.2) is 22.2 Å². The predicted molar refractivity (Wildman–Crippen MR) is 92.7 cm³/mol. The topological polar surface area (TPSA) is 109 Å². The molecule has 0 aliphatic carbocycles. The third-order valence-corrected chi connectivity index (χ3v) is 3.21.